The number of amides is 1. The van der Waals surface area contributed by atoms with Gasteiger partial charge in [-0.1, -0.05) is 6.07 Å². The number of thiophene rings is 1. The number of anilines is 2. The molecular formula is C18H20N4O3S2. The highest BCUT2D eigenvalue weighted by Crippen LogP contribution is 2.31. The van der Waals surface area contributed by atoms with E-state index < -0.39 is 10.0 Å². The first-order valence-electron chi connectivity index (χ1n) is 8.30. The summed E-state index contributed by atoms with van der Waals surface area (Å²) in [7, 11) is -3.83. The van der Waals surface area contributed by atoms with Gasteiger partial charge in [-0.2, -0.15) is 5.10 Å². The minimum absolute atomic E-state index is 0.0320. The lowest BCUT2D eigenvalue weighted by Gasteiger charge is -2.09. The fourth-order valence-electron chi connectivity index (χ4n) is 2.46. The molecule has 3 rings (SSSR count). The van der Waals surface area contributed by atoms with Crippen molar-refractivity contribution in [1.82, 2.24) is 9.78 Å². The Morgan fingerprint density at radius 3 is 2.37 bits per heavy atom. The number of carbonyl (C=O) groups excluding carboxylic acids is 1. The van der Waals surface area contributed by atoms with Crippen LogP contribution in [0.5, 0.6) is 0 Å². The van der Waals surface area contributed by atoms with Crippen LogP contribution in [0.25, 0.3) is 10.6 Å². The highest BCUT2D eigenvalue weighted by atomic mass is 32.2. The first kappa shape index (κ1) is 19.1. The van der Waals surface area contributed by atoms with Gasteiger partial charge < -0.3 is 5.32 Å². The van der Waals surface area contributed by atoms with Crippen molar-refractivity contribution < 1.29 is 13.2 Å². The van der Waals surface area contributed by atoms with Crippen molar-refractivity contribution in [2.45, 2.75) is 31.7 Å². The first-order chi connectivity index (χ1) is 12.8. The molecule has 27 heavy (non-hydrogen) atoms. The van der Waals surface area contributed by atoms with Crippen LogP contribution in [0.3, 0.4) is 0 Å². The van der Waals surface area contributed by atoms with Gasteiger partial charge in [0.25, 0.3) is 10.0 Å². The predicted molar refractivity (Wildman–Crippen MR) is 107 cm³/mol. The van der Waals surface area contributed by atoms with Gasteiger partial charge in [0.15, 0.2) is 0 Å². The number of hydrogen-bond donors (Lipinski definition) is 2. The lowest BCUT2D eigenvalue weighted by molar-refractivity contribution is -0.114. The van der Waals surface area contributed by atoms with Gasteiger partial charge in [-0.05, 0) is 49.6 Å². The largest absolute Gasteiger partial charge is 0.326 e. The summed E-state index contributed by atoms with van der Waals surface area (Å²) in [5, 5.41) is 8.99. The molecule has 0 saturated carbocycles. The van der Waals surface area contributed by atoms with Crippen molar-refractivity contribution in [3.63, 3.8) is 0 Å². The van der Waals surface area contributed by atoms with Gasteiger partial charge in [0, 0.05) is 30.5 Å². The fraction of sp³-hybridized carbons (Fsp3) is 0.222. The average Bonchev–Trinajstić information content (AvgIpc) is 3.25. The molecule has 0 saturated heterocycles. The van der Waals surface area contributed by atoms with E-state index in [-0.39, 0.29) is 16.8 Å². The molecular weight excluding hydrogens is 384 g/mol. The van der Waals surface area contributed by atoms with Gasteiger partial charge in [0.05, 0.1) is 4.88 Å². The Morgan fingerprint density at radius 1 is 1.15 bits per heavy atom. The number of benzene rings is 1. The van der Waals surface area contributed by atoms with Gasteiger partial charge in [0.1, 0.15) is 10.6 Å². The molecule has 7 nitrogen and oxygen atoms in total. The molecule has 2 aromatic heterocycles. The maximum absolute atomic E-state index is 13.0. The summed E-state index contributed by atoms with van der Waals surface area (Å²) in [6, 6.07) is 10.2. The van der Waals surface area contributed by atoms with Crippen molar-refractivity contribution in [1.29, 1.82) is 0 Å². The quantitative estimate of drug-likeness (QED) is 0.650. The number of hydrogen-bond acceptors (Lipinski definition) is 5. The zero-order chi connectivity index (χ0) is 19.6. The Kier molecular flexibility index (Phi) is 5.33. The number of nitrogens with zero attached hydrogens (tertiary/aromatic N) is 2. The lowest BCUT2D eigenvalue weighted by atomic mass is 10.3. The maximum Gasteiger partial charge on any atom is 0.265 e. The van der Waals surface area contributed by atoms with Gasteiger partial charge in [-0.3, -0.25) is 14.2 Å². The van der Waals surface area contributed by atoms with Crippen LogP contribution in [0.2, 0.25) is 0 Å². The Morgan fingerprint density at radius 2 is 1.81 bits per heavy atom. The molecule has 9 heteroatoms. The third-order valence-corrected chi connectivity index (χ3v) is 5.99. The molecule has 0 fully saturated rings. The van der Waals surface area contributed by atoms with E-state index in [1.165, 1.54) is 18.3 Å². The van der Waals surface area contributed by atoms with Gasteiger partial charge in [-0.25, -0.2) is 8.42 Å². The van der Waals surface area contributed by atoms with E-state index in [1.807, 2.05) is 31.4 Å². The van der Waals surface area contributed by atoms with Crippen molar-refractivity contribution in [3.8, 4) is 10.6 Å². The molecule has 0 aliphatic carbocycles. The zero-order valence-electron chi connectivity index (χ0n) is 15.1. The van der Waals surface area contributed by atoms with Crippen LogP contribution in [0, 0.1) is 0 Å². The molecule has 0 bridgehead atoms. The molecule has 0 atom stereocenters. The second kappa shape index (κ2) is 7.53. The predicted octanol–water partition coefficient (Wildman–Crippen LogP) is 3.95. The molecule has 142 valence electrons. The van der Waals surface area contributed by atoms with Crippen molar-refractivity contribution in [3.05, 3.63) is 48.0 Å². The van der Waals surface area contributed by atoms with E-state index in [0.717, 1.165) is 4.88 Å². The number of carbonyl (C=O) groups is 1. The molecule has 3 aromatic rings. The van der Waals surface area contributed by atoms with E-state index in [2.05, 4.69) is 15.1 Å². The minimum Gasteiger partial charge on any atom is -0.326 e. The summed E-state index contributed by atoms with van der Waals surface area (Å²) >= 11 is 1.44. The van der Waals surface area contributed by atoms with Gasteiger partial charge in [-0.15, -0.1) is 11.3 Å². The maximum atomic E-state index is 13.0. The Balaban J connectivity index is 1.94. The summed E-state index contributed by atoms with van der Waals surface area (Å²) < 4.78 is 30.2. The lowest BCUT2D eigenvalue weighted by Crippen LogP contribution is -2.13. The van der Waals surface area contributed by atoms with Crippen LogP contribution < -0.4 is 10.0 Å². The number of aromatic nitrogens is 2. The average molecular weight is 405 g/mol. The zero-order valence-corrected chi connectivity index (χ0v) is 16.8. The standard InChI is InChI=1S/C18H20N4O3S2/c1-12(2)22-11-17(18(20-22)16-5-4-10-26-16)27(24,25)21-15-8-6-14(7-9-15)19-13(3)23/h4-12,21H,1-3H3,(H,19,23). The highest BCUT2D eigenvalue weighted by Gasteiger charge is 2.25. The molecule has 0 radical (unpaired) electrons. The van der Waals surface area contributed by atoms with Crippen LogP contribution in [-0.4, -0.2) is 24.1 Å². The summed E-state index contributed by atoms with van der Waals surface area (Å²) in [5.41, 5.74) is 1.43. The van der Waals surface area contributed by atoms with Gasteiger partial charge in [0.2, 0.25) is 5.91 Å². The number of sulfonamides is 1. The van der Waals surface area contributed by atoms with Crippen molar-refractivity contribution in [2.24, 2.45) is 0 Å². The molecule has 2 N–H and O–H groups in total. The second-order valence-electron chi connectivity index (χ2n) is 6.26. The minimum atomic E-state index is -3.83. The third-order valence-electron chi connectivity index (χ3n) is 3.73. The smallest absolute Gasteiger partial charge is 0.265 e. The SMILES string of the molecule is CC(=O)Nc1ccc(NS(=O)(=O)c2cn(C(C)C)nc2-c2cccs2)cc1. The van der Waals surface area contributed by atoms with Crippen LogP contribution in [0.15, 0.2) is 52.9 Å². The monoisotopic (exact) mass is 404 g/mol. The molecule has 1 aromatic carbocycles. The van der Waals surface area contributed by atoms with Crippen LogP contribution in [-0.2, 0) is 14.8 Å². The Bertz CT molecular complexity index is 1040. The molecule has 0 aliphatic rings. The first-order valence-corrected chi connectivity index (χ1v) is 10.7. The second-order valence-corrected chi connectivity index (χ2v) is 8.86. The van der Waals surface area contributed by atoms with Gasteiger partial charge >= 0.3 is 0 Å². The van der Waals surface area contributed by atoms with Crippen LogP contribution >= 0.6 is 11.3 Å². The van der Waals surface area contributed by atoms with E-state index in [9.17, 15) is 13.2 Å². The Labute approximate surface area is 162 Å². The topological polar surface area (TPSA) is 93.1 Å². The van der Waals surface area contributed by atoms with Crippen LogP contribution in [0.4, 0.5) is 11.4 Å². The summed E-state index contributed by atoms with van der Waals surface area (Å²) in [6.45, 7) is 5.29. The van der Waals surface area contributed by atoms with Crippen LogP contribution in [0.1, 0.15) is 26.8 Å². The summed E-state index contributed by atoms with van der Waals surface area (Å²) in [6.07, 6.45) is 1.55. The van der Waals surface area contributed by atoms with Crippen molar-refractivity contribution >= 4 is 38.6 Å². The third kappa shape index (κ3) is 4.37. The number of nitrogens with one attached hydrogen (secondary N) is 2. The van der Waals surface area contributed by atoms with Crippen molar-refractivity contribution in [2.75, 3.05) is 10.0 Å². The Hall–Kier alpha value is -2.65. The van der Waals surface area contributed by atoms with E-state index in [0.29, 0.717) is 17.1 Å². The number of rotatable bonds is 6. The fourth-order valence-corrected chi connectivity index (χ4v) is 4.45. The van der Waals surface area contributed by atoms with E-state index >= 15 is 0 Å². The summed E-state index contributed by atoms with van der Waals surface area (Å²) in [4.78, 5) is 12.0. The van der Waals surface area contributed by atoms with E-state index in [1.54, 1.807) is 35.1 Å². The normalized spacial score (nSPS) is 11.6. The molecule has 0 spiro atoms. The molecule has 0 aliphatic heterocycles. The highest BCUT2D eigenvalue weighted by molar-refractivity contribution is 7.92. The molecule has 2 heterocycles. The molecule has 1 amide bonds. The summed E-state index contributed by atoms with van der Waals surface area (Å²) in [5.74, 6) is -0.190. The molecule has 0 unspecified atom stereocenters. The van der Waals surface area contributed by atoms with E-state index in [4.69, 9.17) is 0 Å².